The molecule has 0 bridgehead atoms. The molecular formula is C16H20N2O6S. The normalized spacial score (nSPS) is 16.0. The van der Waals surface area contributed by atoms with E-state index in [1.807, 2.05) is 6.07 Å². The first-order valence-corrected chi connectivity index (χ1v) is 8.36. The van der Waals surface area contributed by atoms with Gasteiger partial charge in [0.1, 0.15) is 12.2 Å². The van der Waals surface area contributed by atoms with Gasteiger partial charge in [-0.2, -0.15) is 0 Å². The van der Waals surface area contributed by atoms with Crippen molar-refractivity contribution in [1.82, 2.24) is 4.98 Å². The second-order valence-electron chi connectivity index (χ2n) is 5.31. The van der Waals surface area contributed by atoms with Crippen LogP contribution in [0, 0.1) is 0 Å². The van der Waals surface area contributed by atoms with Crippen LogP contribution in [0.3, 0.4) is 0 Å². The Morgan fingerprint density at radius 3 is 2.56 bits per heavy atom. The molecule has 0 saturated heterocycles. The Bertz CT molecular complexity index is 678. The average Bonchev–Trinajstić information content (AvgIpc) is 3.07. The number of nitrogens with one attached hydrogen (secondary N) is 1. The highest BCUT2D eigenvalue weighted by Crippen LogP contribution is 2.22. The quantitative estimate of drug-likeness (QED) is 0.313. The molecule has 0 aliphatic rings. The maximum atomic E-state index is 12.3. The van der Waals surface area contributed by atoms with Gasteiger partial charge in [-0.05, 0) is 6.92 Å². The minimum Gasteiger partial charge on any atom is -0.394 e. The van der Waals surface area contributed by atoms with Crippen molar-refractivity contribution in [3.05, 3.63) is 47.0 Å². The zero-order valence-corrected chi connectivity index (χ0v) is 14.3. The molecule has 0 radical (unpaired) electrons. The Balaban J connectivity index is 1.97. The van der Waals surface area contributed by atoms with Crippen molar-refractivity contribution in [1.29, 1.82) is 0 Å². The van der Waals surface area contributed by atoms with Crippen molar-refractivity contribution in [2.24, 2.45) is 0 Å². The summed E-state index contributed by atoms with van der Waals surface area (Å²) in [7, 11) is 0. The fraction of sp³-hybridized carbons (Fsp3) is 0.375. The van der Waals surface area contributed by atoms with Gasteiger partial charge < -0.3 is 30.5 Å². The Kier molecular flexibility index (Phi) is 7.00. The smallest absolute Gasteiger partial charge is 0.237 e. The van der Waals surface area contributed by atoms with E-state index in [0.29, 0.717) is 10.4 Å². The number of ether oxygens (including phenoxy) is 1. The number of carbonyl (C=O) groups is 1. The van der Waals surface area contributed by atoms with Gasteiger partial charge in [0.2, 0.25) is 12.2 Å². The molecule has 0 amide bonds. The summed E-state index contributed by atoms with van der Waals surface area (Å²) in [5, 5.41) is 40.7. The summed E-state index contributed by atoms with van der Waals surface area (Å²) in [4.78, 5) is 16.7. The van der Waals surface area contributed by atoms with Gasteiger partial charge in [-0.15, -0.1) is 0 Å². The number of ketones is 1. The van der Waals surface area contributed by atoms with Crippen molar-refractivity contribution in [2.45, 2.75) is 31.6 Å². The first-order valence-electron chi connectivity index (χ1n) is 7.55. The highest BCUT2D eigenvalue weighted by Gasteiger charge is 2.26. The lowest BCUT2D eigenvalue weighted by Crippen LogP contribution is -2.43. The highest BCUT2D eigenvalue weighted by molar-refractivity contribution is 7.17. The Hall–Kier alpha value is -1.88. The van der Waals surface area contributed by atoms with E-state index in [-0.39, 0.29) is 10.9 Å². The van der Waals surface area contributed by atoms with E-state index in [4.69, 9.17) is 4.74 Å². The summed E-state index contributed by atoms with van der Waals surface area (Å²) < 4.78 is 5.05. The summed E-state index contributed by atoms with van der Waals surface area (Å²) >= 11 is 1.03. The maximum Gasteiger partial charge on any atom is 0.237 e. The Labute approximate surface area is 148 Å². The molecule has 4 unspecified atom stereocenters. The van der Waals surface area contributed by atoms with Gasteiger partial charge in [0, 0.05) is 5.56 Å². The predicted molar refractivity (Wildman–Crippen MR) is 91.3 cm³/mol. The van der Waals surface area contributed by atoms with Crippen LogP contribution in [0.5, 0.6) is 0 Å². The molecule has 1 aromatic heterocycles. The number of hydrogen-bond donors (Lipinski definition) is 5. The maximum absolute atomic E-state index is 12.3. The van der Waals surface area contributed by atoms with Gasteiger partial charge in [0.25, 0.3) is 0 Å². The fourth-order valence-corrected chi connectivity index (χ4v) is 2.81. The van der Waals surface area contributed by atoms with Gasteiger partial charge in [-0.25, -0.2) is 4.98 Å². The molecule has 25 heavy (non-hydrogen) atoms. The number of thiazole rings is 1. The molecule has 5 N–H and O–H groups in total. The third-order valence-electron chi connectivity index (χ3n) is 3.37. The van der Waals surface area contributed by atoms with E-state index >= 15 is 0 Å². The largest absolute Gasteiger partial charge is 0.394 e. The third kappa shape index (κ3) is 5.30. The SMILES string of the molecule is CC(O)C(O)C(CO)OC(O)Nc1ncc(C(=O)c2ccccc2)s1. The van der Waals surface area contributed by atoms with Crippen LogP contribution in [0.1, 0.15) is 22.2 Å². The van der Waals surface area contributed by atoms with E-state index in [0.717, 1.165) is 11.3 Å². The average molecular weight is 368 g/mol. The van der Waals surface area contributed by atoms with E-state index in [1.54, 1.807) is 24.3 Å². The number of aromatic nitrogens is 1. The molecule has 9 heteroatoms. The molecular weight excluding hydrogens is 348 g/mol. The number of aliphatic hydroxyl groups is 4. The third-order valence-corrected chi connectivity index (χ3v) is 4.30. The Morgan fingerprint density at radius 1 is 1.28 bits per heavy atom. The van der Waals surface area contributed by atoms with Crippen molar-refractivity contribution in [2.75, 3.05) is 11.9 Å². The molecule has 4 atom stereocenters. The van der Waals surface area contributed by atoms with Crippen molar-refractivity contribution in [3.63, 3.8) is 0 Å². The van der Waals surface area contributed by atoms with E-state index in [2.05, 4.69) is 10.3 Å². The number of nitrogens with zero attached hydrogens (tertiary/aromatic N) is 1. The lowest BCUT2D eigenvalue weighted by Gasteiger charge is -2.25. The van der Waals surface area contributed by atoms with E-state index in [1.165, 1.54) is 13.1 Å². The molecule has 2 aromatic rings. The van der Waals surface area contributed by atoms with Crippen LogP contribution in [-0.2, 0) is 4.74 Å². The van der Waals surface area contributed by atoms with Gasteiger partial charge in [0.15, 0.2) is 5.13 Å². The van der Waals surface area contributed by atoms with Crippen LogP contribution < -0.4 is 5.32 Å². The molecule has 1 heterocycles. The van der Waals surface area contributed by atoms with Gasteiger partial charge in [0.05, 0.1) is 23.8 Å². The second kappa shape index (κ2) is 8.99. The number of benzene rings is 1. The lowest BCUT2D eigenvalue weighted by atomic mass is 10.1. The van der Waals surface area contributed by atoms with Crippen molar-refractivity contribution < 1.29 is 30.0 Å². The molecule has 2 rings (SSSR count). The second-order valence-corrected chi connectivity index (χ2v) is 6.34. The molecule has 0 spiro atoms. The first-order chi connectivity index (χ1) is 11.9. The van der Waals surface area contributed by atoms with Crippen LogP contribution in [0.2, 0.25) is 0 Å². The van der Waals surface area contributed by atoms with E-state index < -0.39 is 31.3 Å². The number of rotatable bonds is 9. The highest BCUT2D eigenvalue weighted by atomic mass is 32.1. The van der Waals surface area contributed by atoms with Gasteiger partial charge >= 0.3 is 0 Å². The topological polar surface area (TPSA) is 132 Å². The standard InChI is InChI=1S/C16H20N2O6S/c1-9(20)13(21)11(8-19)24-16(23)18-15-17-7-12(25-15)14(22)10-5-3-2-4-6-10/h2-7,9,11,13,16,19-21,23H,8H2,1H3,(H,17,18). The molecule has 136 valence electrons. The van der Waals surface area contributed by atoms with Crippen LogP contribution in [-0.4, -0.2) is 62.5 Å². The number of hydrogen-bond acceptors (Lipinski definition) is 9. The number of carbonyl (C=O) groups excluding carboxylic acids is 1. The minimum absolute atomic E-state index is 0.195. The first kappa shape index (κ1) is 19.4. The van der Waals surface area contributed by atoms with Crippen LogP contribution >= 0.6 is 11.3 Å². The zero-order valence-electron chi connectivity index (χ0n) is 13.4. The number of anilines is 1. The monoisotopic (exact) mass is 368 g/mol. The lowest BCUT2D eigenvalue weighted by molar-refractivity contribution is -0.177. The van der Waals surface area contributed by atoms with Crippen LogP contribution in [0.4, 0.5) is 5.13 Å². The van der Waals surface area contributed by atoms with Crippen LogP contribution in [0.15, 0.2) is 36.5 Å². The van der Waals surface area contributed by atoms with Crippen LogP contribution in [0.25, 0.3) is 0 Å². The van der Waals surface area contributed by atoms with Crippen molar-refractivity contribution in [3.8, 4) is 0 Å². The fourth-order valence-electron chi connectivity index (χ4n) is 2.02. The molecule has 0 saturated carbocycles. The summed E-state index contributed by atoms with van der Waals surface area (Å²) in [5.74, 6) is -0.195. The number of aliphatic hydroxyl groups excluding tert-OH is 4. The minimum atomic E-state index is -1.59. The molecule has 8 nitrogen and oxygen atoms in total. The molecule has 0 aliphatic heterocycles. The zero-order chi connectivity index (χ0) is 18.4. The predicted octanol–water partition coefficient (Wildman–Crippen LogP) is 0.181. The van der Waals surface area contributed by atoms with Gasteiger partial charge in [-0.1, -0.05) is 41.7 Å². The van der Waals surface area contributed by atoms with Gasteiger partial charge in [-0.3, -0.25) is 4.79 Å². The Morgan fingerprint density at radius 2 is 1.96 bits per heavy atom. The van der Waals surface area contributed by atoms with E-state index in [9.17, 15) is 25.2 Å². The molecule has 1 aromatic carbocycles. The summed E-state index contributed by atoms with van der Waals surface area (Å²) in [6.07, 6.45) is -3.90. The van der Waals surface area contributed by atoms with Crippen molar-refractivity contribution >= 4 is 22.3 Å². The summed E-state index contributed by atoms with van der Waals surface area (Å²) in [6, 6.07) is 8.71. The molecule has 0 fully saturated rings. The molecule has 0 aliphatic carbocycles. The summed E-state index contributed by atoms with van der Waals surface area (Å²) in [6.45, 7) is 0.735. The summed E-state index contributed by atoms with van der Waals surface area (Å²) in [5.41, 5.74) is 0.523.